The van der Waals surface area contributed by atoms with Crippen LogP contribution in [0.2, 0.25) is 0 Å². The molecule has 0 atom stereocenters. The minimum absolute atomic E-state index is 0.140. The predicted octanol–water partition coefficient (Wildman–Crippen LogP) is 3.28. The summed E-state index contributed by atoms with van der Waals surface area (Å²) in [5, 5.41) is 3.63. The smallest absolute Gasteiger partial charge is 0.253 e. The van der Waals surface area contributed by atoms with Gasteiger partial charge in [0, 0.05) is 25.1 Å². The average molecular weight is 336 g/mol. The SMILES string of the molecule is COc1ccc2c(c1)c(C(=O)NCCc1ccccc1)cn2C(C)=O. The number of hydrogen-bond donors (Lipinski definition) is 1. The molecule has 1 aromatic heterocycles. The fraction of sp³-hybridized carbons (Fsp3) is 0.200. The van der Waals surface area contributed by atoms with Crippen LogP contribution in [-0.4, -0.2) is 30.0 Å². The largest absolute Gasteiger partial charge is 0.497 e. The molecule has 0 aliphatic carbocycles. The number of carbonyl (C=O) groups excluding carboxylic acids is 2. The molecule has 0 saturated heterocycles. The molecule has 2 aromatic carbocycles. The summed E-state index contributed by atoms with van der Waals surface area (Å²) in [5.41, 5.74) is 2.33. The van der Waals surface area contributed by atoms with Crippen molar-refractivity contribution in [3.8, 4) is 5.75 Å². The van der Waals surface area contributed by atoms with Crippen molar-refractivity contribution >= 4 is 22.7 Å². The maximum absolute atomic E-state index is 12.6. The second-order valence-corrected chi connectivity index (χ2v) is 5.81. The van der Waals surface area contributed by atoms with E-state index in [2.05, 4.69) is 5.32 Å². The zero-order valence-corrected chi connectivity index (χ0v) is 14.3. The van der Waals surface area contributed by atoms with Gasteiger partial charge in [0.05, 0.1) is 18.2 Å². The van der Waals surface area contributed by atoms with Crippen LogP contribution in [0, 0.1) is 0 Å². The van der Waals surface area contributed by atoms with E-state index in [9.17, 15) is 9.59 Å². The average Bonchev–Trinajstić information content (AvgIpc) is 3.01. The molecule has 0 unspecified atom stereocenters. The molecule has 0 fully saturated rings. The van der Waals surface area contributed by atoms with Crippen molar-refractivity contribution in [3.05, 3.63) is 65.9 Å². The number of benzene rings is 2. The number of carbonyl (C=O) groups is 2. The molecule has 1 heterocycles. The first-order valence-electron chi connectivity index (χ1n) is 8.12. The first kappa shape index (κ1) is 16.8. The van der Waals surface area contributed by atoms with E-state index in [1.807, 2.05) is 30.3 Å². The molecule has 0 aliphatic rings. The van der Waals surface area contributed by atoms with Crippen LogP contribution >= 0.6 is 0 Å². The van der Waals surface area contributed by atoms with E-state index in [-0.39, 0.29) is 11.8 Å². The molecule has 5 heteroatoms. The molecule has 3 aromatic rings. The van der Waals surface area contributed by atoms with Gasteiger partial charge in [0.15, 0.2) is 0 Å². The van der Waals surface area contributed by atoms with Crippen molar-refractivity contribution < 1.29 is 14.3 Å². The fourth-order valence-electron chi connectivity index (χ4n) is 2.84. The second-order valence-electron chi connectivity index (χ2n) is 5.81. The van der Waals surface area contributed by atoms with Crippen molar-refractivity contribution in [3.63, 3.8) is 0 Å². The Bertz CT molecular complexity index is 913. The van der Waals surface area contributed by atoms with Crippen molar-refractivity contribution in [2.24, 2.45) is 0 Å². The Kier molecular flexibility index (Phi) is 4.84. The van der Waals surface area contributed by atoms with Crippen LogP contribution in [0.15, 0.2) is 54.7 Å². The third-order valence-electron chi connectivity index (χ3n) is 4.14. The number of methoxy groups -OCH3 is 1. The summed E-state index contributed by atoms with van der Waals surface area (Å²) in [6.07, 6.45) is 2.34. The molecule has 128 valence electrons. The Balaban J connectivity index is 1.83. The number of nitrogens with zero attached hydrogens (tertiary/aromatic N) is 1. The highest BCUT2D eigenvalue weighted by molar-refractivity contribution is 6.09. The first-order valence-corrected chi connectivity index (χ1v) is 8.12. The molecule has 3 rings (SSSR count). The monoisotopic (exact) mass is 336 g/mol. The molecule has 0 radical (unpaired) electrons. The Morgan fingerprint density at radius 1 is 1.12 bits per heavy atom. The molecule has 5 nitrogen and oxygen atoms in total. The molecule has 1 amide bonds. The van der Waals surface area contributed by atoms with Gasteiger partial charge in [-0.2, -0.15) is 0 Å². The summed E-state index contributed by atoms with van der Waals surface area (Å²) < 4.78 is 6.73. The number of fused-ring (bicyclic) bond motifs is 1. The van der Waals surface area contributed by atoms with Crippen LogP contribution in [-0.2, 0) is 6.42 Å². The van der Waals surface area contributed by atoms with Crippen LogP contribution in [0.1, 0.15) is 27.6 Å². The topological polar surface area (TPSA) is 60.3 Å². The first-order chi connectivity index (χ1) is 12.1. The molecule has 0 saturated carbocycles. The Morgan fingerprint density at radius 3 is 2.56 bits per heavy atom. The van der Waals surface area contributed by atoms with E-state index < -0.39 is 0 Å². The number of hydrogen-bond acceptors (Lipinski definition) is 3. The van der Waals surface area contributed by atoms with Gasteiger partial charge in [0.1, 0.15) is 5.75 Å². The van der Waals surface area contributed by atoms with Gasteiger partial charge in [-0.05, 0) is 30.2 Å². The van der Waals surface area contributed by atoms with Crippen molar-refractivity contribution in [1.82, 2.24) is 9.88 Å². The lowest BCUT2D eigenvalue weighted by atomic mass is 10.1. The lowest BCUT2D eigenvalue weighted by molar-refractivity contribution is 0.0941. The third kappa shape index (κ3) is 3.55. The van der Waals surface area contributed by atoms with Crippen LogP contribution in [0.5, 0.6) is 5.75 Å². The van der Waals surface area contributed by atoms with Crippen LogP contribution in [0.25, 0.3) is 10.9 Å². The zero-order chi connectivity index (χ0) is 17.8. The van der Waals surface area contributed by atoms with Gasteiger partial charge >= 0.3 is 0 Å². The van der Waals surface area contributed by atoms with Crippen molar-refractivity contribution in [2.75, 3.05) is 13.7 Å². The van der Waals surface area contributed by atoms with Crippen molar-refractivity contribution in [1.29, 1.82) is 0 Å². The number of amides is 1. The molecule has 0 aliphatic heterocycles. The number of ether oxygens (including phenoxy) is 1. The van der Waals surface area contributed by atoms with E-state index in [0.29, 0.717) is 28.8 Å². The zero-order valence-electron chi connectivity index (χ0n) is 14.3. The number of rotatable bonds is 5. The van der Waals surface area contributed by atoms with E-state index in [1.165, 1.54) is 11.5 Å². The van der Waals surface area contributed by atoms with Gasteiger partial charge in [-0.3, -0.25) is 14.2 Å². The van der Waals surface area contributed by atoms with Crippen molar-refractivity contribution in [2.45, 2.75) is 13.3 Å². The third-order valence-corrected chi connectivity index (χ3v) is 4.14. The number of aromatic nitrogens is 1. The highest BCUT2D eigenvalue weighted by Gasteiger charge is 2.17. The molecule has 25 heavy (non-hydrogen) atoms. The van der Waals surface area contributed by atoms with E-state index in [0.717, 1.165) is 12.0 Å². The standard InChI is InChI=1S/C20H20N2O3/c1-14(23)22-13-18(17-12-16(25-2)8-9-19(17)22)20(24)21-11-10-15-6-4-3-5-7-15/h3-9,12-13H,10-11H2,1-2H3,(H,21,24). The lowest BCUT2D eigenvalue weighted by Crippen LogP contribution is -2.25. The minimum atomic E-state index is -0.200. The molecule has 0 bridgehead atoms. The predicted molar refractivity (Wildman–Crippen MR) is 97.3 cm³/mol. The van der Waals surface area contributed by atoms with Crippen LogP contribution < -0.4 is 10.1 Å². The normalized spacial score (nSPS) is 10.6. The highest BCUT2D eigenvalue weighted by Crippen LogP contribution is 2.26. The second kappa shape index (κ2) is 7.21. The summed E-state index contributed by atoms with van der Waals surface area (Å²) in [4.78, 5) is 24.5. The summed E-state index contributed by atoms with van der Waals surface area (Å²) in [6, 6.07) is 15.3. The van der Waals surface area contributed by atoms with Crippen LogP contribution in [0.4, 0.5) is 0 Å². The fourth-order valence-corrected chi connectivity index (χ4v) is 2.84. The van der Waals surface area contributed by atoms with E-state index in [1.54, 1.807) is 31.5 Å². The summed E-state index contributed by atoms with van der Waals surface area (Å²) in [6.45, 7) is 2.00. The lowest BCUT2D eigenvalue weighted by Gasteiger charge is -2.05. The molecule has 1 N–H and O–H groups in total. The van der Waals surface area contributed by atoms with Gasteiger partial charge in [0.2, 0.25) is 5.91 Å². The summed E-state index contributed by atoms with van der Waals surface area (Å²) in [7, 11) is 1.57. The quantitative estimate of drug-likeness (QED) is 0.778. The molecular weight excluding hydrogens is 316 g/mol. The summed E-state index contributed by atoms with van der Waals surface area (Å²) >= 11 is 0. The maximum Gasteiger partial charge on any atom is 0.253 e. The Labute approximate surface area is 146 Å². The van der Waals surface area contributed by atoms with Gasteiger partial charge in [-0.1, -0.05) is 30.3 Å². The molecule has 0 spiro atoms. The van der Waals surface area contributed by atoms with Crippen LogP contribution in [0.3, 0.4) is 0 Å². The van der Waals surface area contributed by atoms with E-state index >= 15 is 0 Å². The highest BCUT2D eigenvalue weighted by atomic mass is 16.5. The van der Waals surface area contributed by atoms with Gasteiger partial charge in [-0.15, -0.1) is 0 Å². The minimum Gasteiger partial charge on any atom is -0.497 e. The summed E-state index contributed by atoms with van der Waals surface area (Å²) in [5.74, 6) is 0.305. The maximum atomic E-state index is 12.6. The van der Waals surface area contributed by atoms with Gasteiger partial charge in [-0.25, -0.2) is 0 Å². The van der Waals surface area contributed by atoms with Gasteiger partial charge < -0.3 is 10.1 Å². The molecular formula is C20H20N2O3. The Morgan fingerprint density at radius 2 is 1.88 bits per heavy atom. The number of nitrogens with one attached hydrogen (secondary N) is 1. The Hall–Kier alpha value is -3.08. The van der Waals surface area contributed by atoms with E-state index in [4.69, 9.17) is 4.74 Å². The van der Waals surface area contributed by atoms with Gasteiger partial charge in [0.25, 0.3) is 5.91 Å².